The third-order valence-electron chi connectivity index (χ3n) is 4.63. The van der Waals surface area contributed by atoms with Crippen molar-refractivity contribution in [3.05, 3.63) is 71.7 Å². The van der Waals surface area contributed by atoms with E-state index in [9.17, 15) is 9.50 Å². The van der Waals surface area contributed by atoms with Gasteiger partial charge < -0.3 is 9.84 Å². The number of ether oxygens (including phenoxy) is 1. The highest BCUT2D eigenvalue weighted by Gasteiger charge is 2.22. The van der Waals surface area contributed by atoms with Crippen LogP contribution in [-0.4, -0.2) is 39.0 Å². The highest BCUT2D eigenvalue weighted by Crippen LogP contribution is 2.32. The lowest BCUT2D eigenvalue weighted by molar-refractivity contribution is 0.122. The van der Waals surface area contributed by atoms with Crippen LogP contribution in [0.3, 0.4) is 0 Å². The third-order valence-corrected chi connectivity index (χ3v) is 4.63. The van der Waals surface area contributed by atoms with Crippen molar-refractivity contribution >= 4 is 0 Å². The summed E-state index contributed by atoms with van der Waals surface area (Å²) in [6, 6.07) is 16.0. The molecular formula is C23H28FN3O2. The molecule has 0 aliphatic rings. The van der Waals surface area contributed by atoms with Gasteiger partial charge in [0.1, 0.15) is 0 Å². The zero-order valence-electron chi connectivity index (χ0n) is 17.2. The quantitative estimate of drug-likeness (QED) is 0.568. The van der Waals surface area contributed by atoms with Gasteiger partial charge in [-0.25, -0.2) is 9.07 Å². The predicted octanol–water partition coefficient (Wildman–Crippen LogP) is 4.70. The van der Waals surface area contributed by atoms with E-state index >= 15 is 0 Å². The minimum absolute atomic E-state index is 0.156. The fraction of sp³-hybridized carbons (Fsp3) is 0.348. The van der Waals surface area contributed by atoms with E-state index in [2.05, 4.69) is 16.9 Å². The second kappa shape index (κ2) is 9.67. The smallest absolute Gasteiger partial charge is 0.227 e. The van der Waals surface area contributed by atoms with Gasteiger partial charge in [-0.3, -0.25) is 4.90 Å². The van der Waals surface area contributed by atoms with Gasteiger partial charge in [0.15, 0.2) is 11.6 Å². The van der Waals surface area contributed by atoms with Crippen LogP contribution < -0.4 is 4.74 Å². The Kier molecular flexibility index (Phi) is 7.01. The van der Waals surface area contributed by atoms with Crippen LogP contribution in [0, 0.1) is 12.7 Å². The molecule has 154 valence electrons. The Morgan fingerprint density at radius 3 is 2.48 bits per heavy atom. The van der Waals surface area contributed by atoms with Gasteiger partial charge in [0.2, 0.25) is 5.88 Å². The normalized spacial score (nSPS) is 12.3. The number of halogens is 1. The molecule has 3 aromatic rings. The zero-order valence-corrected chi connectivity index (χ0v) is 17.2. The second-order valence-corrected chi connectivity index (χ2v) is 7.23. The fourth-order valence-corrected chi connectivity index (χ4v) is 3.35. The SMILES string of the molecule is CCCN(Cc1c(C)nn(-c2ccccc2)c1Oc1ccccc1F)CC(C)O. The number of aryl methyl sites for hydroxylation is 1. The molecule has 0 radical (unpaired) electrons. The molecule has 1 N–H and O–H groups in total. The van der Waals surface area contributed by atoms with Crippen LogP contribution in [0.25, 0.3) is 5.69 Å². The van der Waals surface area contributed by atoms with Crippen LogP contribution >= 0.6 is 0 Å². The van der Waals surface area contributed by atoms with Crippen molar-refractivity contribution in [3.63, 3.8) is 0 Å². The second-order valence-electron chi connectivity index (χ2n) is 7.23. The van der Waals surface area contributed by atoms with E-state index in [0.717, 1.165) is 29.9 Å². The van der Waals surface area contributed by atoms with E-state index in [1.807, 2.05) is 37.3 Å². The molecule has 0 fully saturated rings. The predicted molar refractivity (Wildman–Crippen MR) is 112 cm³/mol. The number of nitrogens with zero attached hydrogens (tertiary/aromatic N) is 3. The number of hydrogen-bond acceptors (Lipinski definition) is 4. The summed E-state index contributed by atoms with van der Waals surface area (Å²) in [5.41, 5.74) is 2.53. The number of para-hydroxylation sites is 2. The van der Waals surface area contributed by atoms with Crippen LogP contribution in [-0.2, 0) is 6.54 Å². The van der Waals surface area contributed by atoms with Gasteiger partial charge in [-0.2, -0.15) is 5.10 Å². The topological polar surface area (TPSA) is 50.5 Å². The monoisotopic (exact) mass is 397 g/mol. The number of aliphatic hydroxyl groups is 1. The molecular weight excluding hydrogens is 369 g/mol. The molecule has 1 aromatic heterocycles. The van der Waals surface area contributed by atoms with Gasteiger partial charge in [0.25, 0.3) is 0 Å². The van der Waals surface area contributed by atoms with Gasteiger partial charge in [-0.05, 0) is 51.1 Å². The molecule has 29 heavy (non-hydrogen) atoms. The summed E-state index contributed by atoms with van der Waals surface area (Å²) in [6.45, 7) is 7.74. The van der Waals surface area contributed by atoms with Crippen molar-refractivity contribution in [2.75, 3.05) is 13.1 Å². The molecule has 0 saturated carbocycles. The highest BCUT2D eigenvalue weighted by molar-refractivity contribution is 5.43. The maximum atomic E-state index is 14.3. The van der Waals surface area contributed by atoms with Crippen LogP contribution in [0.4, 0.5) is 4.39 Å². The van der Waals surface area contributed by atoms with Crippen molar-refractivity contribution < 1.29 is 14.2 Å². The van der Waals surface area contributed by atoms with E-state index in [1.54, 1.807) is 29.8 Å². The van der Waals surface area contributed by atoms with Crippen LogP contribution in [0.15, 0.2) is 54.6 Å². The number of aliphatic hydroxyl groups excluding tert-OH is 1. The summed E-state index contributed by atoms with van der Waals surface area (Å²) in [6.07, 6.45) is 0.518. The average molecular weight is 397 g/mol. The Morgan fingerprint density at radius 1 is 1.14 bits per heavy atom. The number of aromatic nitrogens is 2. The Bertz CT molecular complexity index is 925. The molecule has 2 aromatic carbocycles. The van der Waals surface area contributed by atoms with Crippen LogP contribution in [0.5, 0.6) is 11.6 Å². The molecule has 6 heteroatoms. The summed E-state index contributed by atoms with van der Waals surface area (Å²) in [5.74, 6) is 0.222. The molecule has 0 aliphatic carbocycles. The van der Waals surface area contributed by atoms with Crippen molar-refractivity contribution in [2.24, 2.45) is 0 Å². The maximum Gasteiger partial charge on any atom is 0.227 e. The zero-order chi connectivity index (χ0) is 20.8. The Morgan fingerprint density at radius 2 is 1.83 bits per heavy atom. The standard InChI is InChI=1S/C23H28FN3O2/c1-4-14-26(15-17(2)28)16-20-18(3)25-27(19-10-6-5-7-11-19)23(20)29-22-13-9-8-12-21(22)24/h5-13,17,28H,4,14-16H2,1-3H3. The summed E-state index contributed by atoms with van der Waals surface area (Å²) >= 11 is 0. The summed E-state index contributed by atoms with van der Waals surface area (Å²) in [4.78, 5) is 2.16. The van der Waals surface area contributed by atoms with E-state index in [-0.39, 0.29) is 5.75 Å². The van der Waals surface area contributed by atoms with Gasteiger partial charge >= 0.3 is 0 Å². The summed E-state index contributed by atoms with van der Waals surface area (Å²) < 4.78 is 22.1. The minimum atomic E-state index is -0.443. The van der Waals surface area contributed by atoms with Crippen LogP contribution in [0.2, 0.25) is 0 Å². The maximum absolute atomic E-state index is 14.3. The lowest BCUT2D eigenvalue weighted by Gasteiger charge is -2.23. The lowest BCUT2D eigenvalue weighted by atomic mass is 10.2. The molecule has 0 amide bonds. The van der Waals surface area contributed by atoms with E-state index < -0.39 is 11.9 Å². The first-order chi connectivity index (χ1) is 14.0. The molecule has 0 saturated heterocycles. The first kappa shape index (κ1) is 21.0. The highest BCUT2D eigenvalue weighted by atomic mass is 19.1. The third kappa shape index (κ3) is 5.22. The first-order valence-electron chi connectivity index (χ1n) is 9.96. The van der Waals surface area contributed by atoms with Gasteiger partial charge in [0.05, 0.1) is 23.0 Å². The van der Waals surface area contributed by atoms with Crippen molar-refractivity contribution in [2.45, 2.75) is 39.8 Å². The van der Waals surface area contributed by atoms with Crippen molar-refractivity contribution in [1.29, 1.82) is 0 Å². The van der Waals surface area contributed by atoms with Crippen LogP contribution in [0.1, 0.15) is 31.5 Å². The Labute approximate surface area is 171 Å². The van der Waals surface area contributed by atoms with Gasteiger partial charge in [-0.15, -0.1) is 0 Å². The molecule has 3 rings (SSSR count). The van der Waals surface area contributed by atoms with Crippen molar-refractivity contribution in [1.82, 2.24) is 14.7 Å². The van der Waals surface area contributed by atoms with E-state index in [1.165, 1.54) is 6.07 Å². The van der Waals surface area contributed by atoms with E-state index in [4.69, 9.17) is 4.74 Å². The molecule has 1 heterocycles. The molecule has 0 aliphatic heterocycles. The van der Waals surface area contributed by atoms with Crippen molar-refractivity contribution in [3.8, 4) is 17.3 Å². The number of hydrogen-bond donors (Lipinski definition) is 1. The molecule has 1 atom stereocenters. The molecule has 1 unspecified atom stereocenters. The number of rotatable bonds is 9. The Balaban J connectivity index is 2.05. The summed E-state index contributed by atoms with van der Waals surface area (Å²) in [5, 5.41) is 14.6. The average Bonchev–Trinajstić information content (AvgIpc) is 3.00. The summed E-state index contributed by atoms with van der Waals surface area (Å²) in [7, 11) is 0. The Hall–Kier alpha value is -2.70. The first-order valence-corrected chi connectivity index (χ1v) is 9.96. The fourth-order valence-electron chi connectivity index (χ4n) is 3.35. The minimum Gasteiger partial charge on any atom is -0.435 e. The molecule has 0 bridgehead atoms. The number of benzene rings is 2. The lowest BCUT2D eigenvalue weighted by Crippen LogP contribution is -2.31. The molecule has 5 nitrogen and oxygen atoms in total. The van der Waals surface area contributed by atoms with Gasteiger partial charge in [-0.1, -0.05) is 37.3 Å². The van der Waals surface area contributed by atoms with Gasteiger partial charge in [0, 0.05) is 13.1 Å². The largest absolute Gasteiger partial charge is 0.435 e. The van der Waals surface area contributed by atoms with E-state index in [0.29, 0.717) is 19.0 Å². The molecule has 0 spiro atoms.